The maximum Gasteiger partial charge on any atom is 0.0438 e. The summed E-state index contributed by atoms with van der Waals surface area (Å²) in [6, 6.07) is 12.5. The van der Waals surface area contributed by atoms with E-state index in [9.17, 15) is 0 Å². The quantitative estimate of drug-likeness (QED) is 0.600. The van der Waals surface area contributed by atoms with Gasteiger partial charge >= 0.3 is 0 Å². The highest BCUT2D eigenvalue weighted by atomic mass is 79.9. The van der Waals surface area contributed by atoms with Crippen LogP contribution in [-0.2, 0) is 12.8 Å². The molecule has 1 atom stereocenters. The van der Waals surface area contributed by atoms with Crippen LogP contribution >= 0.6 is 38.9 Å². The van der Waals surface area contributed by atoms with E-state index < -0.39 is 0 Å². The molecule has 0 aliphatic rings. The molecule has 1 aromatic carbocycles. The minimum Gasteiger partial charge on any atom is -0.149 e. The molecule has 18 heavy (non-hydrogen) atoms. The molecule has 0 saturated carbocycles. The molecule has 0 bridgehead atoms. The Balaban J connectivity index is 1.91. The molecule has 0 aliphatic carbocycles. The summed E-state index contributed by atoms with van der Waals surface area (Å²) in [5, 5.41) is 4.07. The minimum atomic E-state index is 0.645. The Hall–Kier alpha value is -0.310. The summed E-state index contributed by atoms with van der Waals surface area (Å²) >= 11 is 11.7. The average Bonchev–Trinajstić information content (AvgIpc) is 2.90. The van der Waals surface area contributed by atoms with Crippen molar-refractivity contribution in [1.29, 1.82) is 0 Å². The second-order valence-corrected chi connectivity index (χ2v) is 6.52. The second kappa shape index (κ2) is 7.32. The van der Waals surface area contributed by atoms with Crippen LogP contribution in [0.3, 0.4) is 0 Å². The van der Waals surface area contributed by atoms with Crippen LogP contribution < -0.4 is 0 Å². The fraction of sp³-hybridized carbons (Fsp3) is 0.333. The van der Waals surface area contributed by atoms with Gasteiger partial charge in [0.2, 0.25) is 0 Å². The summed E-state index contributed by atoms with van der Waals surface area (Å²) in [6.07, 6.45) is 3.42. The van der Waals surface area contributed by atoms with Gasteiger partial charge in [0.1, 0.15) is 0 Å². The summed E-state index contributed by atoms with van der Waals surface area (Å²) in [4.78, 5) is 1.47. The Morgan fingerprint density at radius 2 is 2.00 bits per heavy atom. The Morgan fingerprint density at radius 3 is 2.67 bits per heavy atom. The highest BCUT2D eigenvalue weighted by Crippen LogP contribution is 2.23. The smallest absolute Gasteiger partial charge is 0.0438 e. The van der Waals surface area contributed by atoms with Crippen molar-refractivity contribution >= 4 is 38.9 Å². The van der Waals surface area contributed by atoms with Gasteiger partial charge in [0.05, 0.1) is 0 Å². The number of hydrogen-bond donors (Lipinski definition) is 0. The molecule has 0 fully saturated rings. The van der Waals surface area contributed by atoms with E-state index in [0.29, 0.717) is 5.92 Å². The molecule has 1 aromatic heterocycles. The van der Waals surface area contributed by atoms with E-state index in [1.54, 1.807) is 0 Å². The Labute approximate surface area is 126 Å². The Bertz CT molecular complexity index is 467. The third-order valence-electron chi connectivity index (χ3n) is 3.06. The van der Waals surface area contributed by atoms with Crippen LogP contribution in [0.2, 0.25) is 5.02 Å². The monoisotopic (exact) mass is 342 g/mol. The molecule has 1 unspecified atom stereocenters. The summed E-state index contributed by atoms with van der Waals surface area (Å²) in [7, 11) is 0. The largest absolute Gasteiger partial charge is 0.149 e. The van der Waals surface area contributed by atoms with Gasteiger partial charge in [-0.25, -0.2) is 0 Å². The molecular weight excluding hydrogens is 328 g/mol. The Kier molecular flexibility index (Phi) is 5.74. The number of thiophene rings is 1. The molecule has 0 amide bonds. The number of benzene rings is 1. The van der Waals surface area contributed by atoms with E-state index in [2.05, 4.69) is 45.6 Å². The fourth-order valence-corrected chi connectivity index (χ4v) is 3.50. The van der Waals surface area contributed by atoms with Crippen LogP contribution in [0, 0.1) is 5.92 Å². The molecule has 0 aliphatic heterocycles. The standard InChI is InChI=1S/C15H16BrClS/c16-11-12(7-8-14-5-3-9-18-14)10-13-4-1-2-6-15(13)17/h1-6,9,12H,7-8,10-11H2. The van der Waals surface area contributed by atoms with Crippen molar-refractivity contribution < 1.29 is 0 Å². The van der Waals surface area contributed by atoms with Crippen molar-refractivity contribution in [3.05, 3.63) is 57.2 Å². The van der Waals surface area contributed by atoms with E-state index >= 15 is 0 Å². The molecule has 96 valence electrons. The molecular formula is C15H16BrClS. The summed E-state index contributed by atoms with van der Waals surface area (Å²) in [6.45, 7) is 0. The summed E-state index contributed by atoms with van der Waals surface area (Å²) in [5.41, 5.74) is 1.26. The lowest BCUT2D eigenvalue weighted by Gasteiger charge is -2.14. The molecule has 3 heteroatoms. The fourth-order valence-electron chi connectivity index (χ4n) is 2.01. The lowest BCUT2D eigenvalue weighted by Crippen LogP contribution is -2.07. The predicted molar refractivity (Wildman–Crippen MR) is 85.1 cm³/mol. The number of aryl methyl sites for hydroxylation is 1. The van der Waals surface area contributed by atoms with Crippen molar-refractivity contribution in [2.45, 2.75) is 19.3 Å². The molecule has 0 spiro atoms. The highest BCUT2D eigenvalue weighted by Gasteiger charge is 2.11. The van der Waals surface area contributed by atoms with Crippen molar-refractivity contribution in [3.8, 4) is 0 Å². The average molecular weight is 344 g/mol. The van der Waals surface area contributed by atoms with E-state index in [4.69, 9.17) is 11.6 Å². The first-order valence-electron chi connectivity index (χ1n) is 6.11. The maximum atomic E-state index is 6.21. The number of halogens is 2. The number of hydrogen-bond acceptors (Lipinski definition) is 1. The van der Waals surface area contributed by atoms with Crippen LogP contribution in [0.1, 0.15) is 16.9 Å². The highest BCUT2D eigenvalue weighted by molar-refractivity contribution is 9.09. The van der Waals surface area contributed by atoms with Crippen LogP contribution in [-0.4, -0.2) is 5.33 Å². The van der Waals surface area contributed by atoms with E-state index in [1.165, 1.54) is 23.3 Å². The predicted octanol–water partition coefficient (Wildman–Crippen LogP) is 5.59. The Morgan fingerprint density at radius 1 is 1.17 bits per heavy atom. The molecule has 0 saturated heterocycles. The first kappa shape index (κ1) is 14.1. The first-order valence-corrected chi connectivity index (χ1v) is 8.49. The normalized spacial score (nSPS) is 12.6. The first-order chi connectivity index (χ1) is 8.79. The molecule has 2 rings (SSSR count). The van der Waals surface area contributed by atoms with Crippen LogP contribution in [0.15, 0.2) is 41.8 Å². The van der Waals surface area contributed by atoms with Crippen LogP contribution in [0.4, 0.5) is 0 Å². The van der Waals surface area contributed by atoms with Gasteiger partial charge in [-0.1, -0.05) is 51.8 Å². The van der Waals surface area contributed by atoms with Gasteiger partial charge in [-0.2, -0.15) is 0 Å². The van der Waals surface area contributed by atoms with Crippen LogP contribution in [0.25, 0.3) is 0 Å². The number of alkyl halides is 1. The topological polar surface area (TPSA) is 0 Å². The molecule has 0 N–H and O–H groups in total. The summed E-state index contributed by atoms with van der Waals surface area (Å²) in [5.74, 6) is 0.645. The lowest BCUT2D eigenvalue weighted by atomic mass is 9.96. The maximum absolute atomic E-state index is 6.21. The van der Waals surface area contributed by atoms with Gasteiger partial charge in [0.25, 0.3) is 0 Å². The van der Waals surface area contributed by atoms with E-state index in [1.807, 2.05) is 23.5 Å². The van der Waals surface area contributed by atoms with E-state index in [-0.39, 0.29) is 0 Å². The number of rotatable bonds is 6. The van der Waals surface area contributed by atoms with Crippen molar-refractivity contribution in [2.75, 3.05) is 5.33 Å². The molecule has 0 nitrogen and oxygen atoms in total. The summed E-state index contributed by atoms with van der Waals surface area (Å²) < 4.78 is 0. The lowest BCUT2D eigenvalue weighted by molar-refractivity contribution is 0.545. The third kappa shape index (κ3) is 4.11. The van der Waals surface area contributed by atoms with Crippen molar-refractivity contribution in [3.63, 3.8) is 0 Å². The second-order valence-electron chi connectivity index (χ2n) is 4.43. The zero-order valence-corrected chi connectivity index (χ0v) is 13.3. The SMILES string of the molecule is Clc1ccccc1CC(CBr)CCc1cccs1. The molecule has 1 heterocycles. The van der Waals surface area contributed by atoms with E-state index in [0.717, 1.165) is 16.8 Å². The van der Waals surface area contributed by atoms with Crippen molar-refractivity contribution in [1.82, 2.24) is 0 Å². The zero-order valence-electron chi connectivity index (χ0n) is 10.1. The van der Waals surface area contributed by atoms with Crippen LogP contribution in [0.5, 0.6) is 0 Å². The van der Waals surface area contributed by atoms with Gasteiger partial charge in [-0.05, 0) is 48.3 Å². The van der Waals surface area contributed by atoms with Gasteiger partial charge in [-0.3, -0.25) is 0 Å². The van der Waals surface area contributed by atoms with Gasteiger partial charge < -0.3 is 0 Å². The van der Waals surface area contributed by atoms with Gasteiger partial charge in [0, 0.05) is 15.2 Å². The zero-order chi connectivity index (χ0) is 12.8. The molecule has 2 aromatic rings. The van der Waals surface area contributed by atoms with Gasteiger partial charge in [-0.15, -0.1) is 11.3 Å². The van der Waals surface area contributed by atoms with Gasteiger partial charge in [0.15, 0.2) is 0 Å². The van der Waals surface area contributed by atoms with Crippen molar-refractivity contribution in [2.24, 2.45) is 5.92 Å². The minimum absolute atomic E-state index is 0.645. The third-order valence-corrected chi connectivity index (χ3v) is 5.28. The molecule has 0 radical (unpaired) electrons.